The molecule has 1 aromatic carbocycles. The maximum atomic E-state index is 12.2. The number of benzene rings is 1. The predicted molar refractivity (Wildman–Crippen MR) is 67.4 cm³/mol. The van der Waals surface area contributed by atoms with Crippen molar-refractivity contribution in [1.29, 1.82) is 0 Å². The Morgan fingerprint density at radius 1 is 1.12 bits per heavy atom. The van der Waals surface area contributed by atoms with Crippen LogP contribution in [0.3, 0.4) is 0 Å². The third-order valence-corrected chi connectivity index (χ3v) is 2.72. The van der Waals surface area contributed by atoms with Crippen LogP contribution in [0.2, 0.25) is 0 Å². The molecule has 0 aliphatic heterocycles. The summed E-state index contributed by atoms with van der Waals surface area (Å²) in [6.45, 7) is 5.98. The van der Waals surface area contributed by atoms with Gasteiger partial charge in [0.15, 0.2) is 5.76 Å². The number of hydrogen-bond acceptors (Lipinski definition) is 2. The minimum Gasteiger partial charge on any atom is -0.458 e. The molecule has 17 heavy (non-hydrogen) atoms. The third kappa shape index (κ3) is 2.47. The standard InChI is InChI=1S/C15H16O2/c1-4-13-5-6-14(17-13)15(16)12-8-10(2)7-11(3)9-12/h5-9H,4H2,1-3H3. The van der Waals surface area contributed by atoms with Crippen LogP contribution in [0.15, 0.2) is 34.7 Å². The molecule has 2 aromatic rings. The monoisotopic (exact) mass is 228 g/mol. The summed E-state index contributed by atoms with van der Waals surface area (Å²) in [4.78, 5) is 12.2. The Morgan fingerprint density at radius 2 is 1.76 bits per heavy atom. The lowest BCUT2D eigenvalue weighted by Gasteiger charge is -2.02. The first kappa shape index (κ1) is 11.6. The molecule has 0 unspecified atom stereocenters. The average molecular weight is 228 g/mol. The van der Waals surface area contributed by atoms with E-state index in [0.29, 0.717) is 11.3 Å². The van der Waals surface area contributed by atoms with Gasteiger partial charge in [-0.2, -0.15) is 0 Å². The number of carbonyl (C=O) groups excluding carboxylic acids is 1. The Kier molecular flexibility index (Phi) is 3.14. The molecule has 0 N–H and O–H groups in total. The summed E-state index contributed by atoms with van der Waals surface area (Å²) < 4.78 is 5.48. The van der Waals surface area contributed by atoms with Crippen LogP contribution in [-0.2, 0) is 6.42 Å². The third-order valence-electron chi connectivity index (χ3n) is 2.72. The van der Waals surface area contributed by atoms with Crippen LogP contribution < -0.4 is 0 Å². The minimum absolute atomic E-state index is 0.0449. The molecule has 88 valence electrons. The molecule has 2 heteroatoms. The highest BCUT2D eigenvalue weighted by Gasteiger charge is 2.13. The van der Waals surface area contributed by atoms with E-state index in [2.05, 4.69) is 6.07 Å². The van der Waals surface area contributed by atoms with Crippen molar-refractivity contribution in [2.45, 2.75) is 27.2 Å². The number of carbonyl (C=O) groups is 1. The van der Waals surface area contributed by atoms with Crippen LogP contribution in [0, 0.1) is 13.8 Å². The zero-order chi connectivity index (χ0) is 12.4. The number of aryl methyl sites for hydroxylation is 3. The lowest BCUT2D eigenvalue weighted by atomic mass is 10.0. The Balaban J connectivity index is 2.36. The molecule has 0 amide bonds. The summed E-state index contributed by atoms with van der Waals surface area (Å²) in [5.41, 5.74) is 2.88. The zero-order valence-corrected chi connectivity index (χ0v) is 10.4. The van der Waals surface area contributed by atoms with E-state index in [1.54, 1.807) is 6.07 Å². The Bertz CT molecular complexity index is 530. The molecular weight excluding hydrogens is 212 g/mol. The van der Waals surface area contributed by atoms with E-state index in [1.165, 1.54) is 0 Å². The number of ketones is 1. The molecule has 0 atom stereocenters. The lowest BCUT2D eigenvalue weighted by molar-refractivity contribution is 0.101. The van der Waals surface area contributed by atoms with Crippen LogP contribution in [0.5, 0.6) is 0 Å². The van der Waals surface area contributed by atoms with Crippen LogP contribution >= 0.6 is 0 Å². The fourth-order valence-electron chi connectivity index (χ4n) is 1.94. The summed E-state index contributed by atoms with van der Waals surface area (Å²) >= 11 is 0. The average Bonchev–Trinajstić information content (AvgIpc) is 2.75. The fourth-order valence-corrected chi connectivity index (χ4v) is 1.94. The van der Waals surface area contributed by atoms with Gasteiger partial charge in [0.1, 0.15) is 5.76 Å². The van der Waals surface area contributed by atoms with Crippen molar-refractivity contribution >= 4 is 5.78 Å². The first-order valence-corrected chi connectivity index (χ1v) is 5.82. The molecule has 0 aliphatic carbocycles. The number of furan rings is 1. The Hall–Kier alpha value is -1.83. The van der Waals surface area contributed by atoms with Gasteiger partial charge in [-0.15, -0.1) is 0 Å². The molecule has 2 nitrogen and oxygen atoms in total. The molecule has 1 heterocycles. The quantitative estimate of drug-likeness (QED) is 0.750. The molecule has 0 saturated carbocycles. The molecule has 0 spiro atoms. The van der Waals surface area contributed by atoms with Gasteiger partial charge >= 0.3 is 0 Å². The van der Waals surface area contributed by atoms with E-state index in [0.717, 1.165) is 23.3 Å². The van der Waals surface area contributed by atoms with Crippen LogP contribution in [0.25, 0.3) is 0 Å². The van der Waals surface area contributed by atoms with Crippen molar-refractivity contribution in [3.8, 4) is 0 Å². The van der Waals surface area contributed by atoms with Gasteiger partial charge in [-0.1, -0.05) is 24.1 Å². The van der Waals surface area contributed by atoms with Crippen molar-refractivity contribution in [2.75, 3.05) is 0 Å². The second-order valence-electron chi connectivity index (χ2n) is 4.33. The lowest BCUT2D eigenvalue weighted by Crippen LogP contribution is -2.00. The largest absolute Gasteiger partial charge is 0.458 e. The summed E-state index contributed by atoms with van der Waals surface area (Å²) in [6.07, 6.45) is 0.806. The normalized spacial score (nSPS) is 10.5. The summed E-state index contributed by atoms with van der Waals surface area (Å²) in [5, 5.41) is 0. The summed E-state index contributed by atoms with van der Waals surface area (Å²) in [6, 6.07) is 9.44. The van der Waals surface area contributed by atoms with E-state index >= 15 is 0 Å². The maximum absolute atomic E-state index is 12.2. The molecule has 0 bridgehead atoms. The highest BCUT2D eigenvalue weighted by molar-refractivity contribution is 6.07. The molecule has 0 radical (unpaired) electrons. The fraction of sp³-hybridized carbons (Fsp3) is 0.267. The first-order valence-electron chi connectivity index (χ1n) is 5.82. The Labute approximate surface area is 101 Å². The van der Waals surface area contributed by atoms with Crippen LogP contribution in [0.4, 0.5) is 0 Å². The molecule has 1 aromatic heterocycles. The highest BCUT2D eigenvalue weighted by atomic mass is 16.3. The van der Waals surface area contributed by atoms with Gasteiger partial charge in [0, 0.05) is 12.0 Å². The van der Waals surface area contributed by atoms with Crippen molar-refractivity contribution in [3.05, 3.63) is 58.5 Å². The SMILES string of the molecule is CCc1ccc(C(=O)c2cc(C)cc(C)c2)o1. The predicted octanol–water partition coefficient (Wildman–Crippen LogP) is 3.69. The smallest absolute Gasteiger partial charge is 0.228 e. The highest BCUT2D eigenvalue weighted by Crippen LogP contribution is 2.16. The second-order valence-corrected chi connectivity index (χ2v) is 4.33. The van der Waals surface area contributed by atoms with Gasteiger partial charge in [0.25, 0.3) is 0 Å². The van der Waals surface area contributed by atoms with Crippen molar-refractivity contribution in [1.82, 2.24) is 0 Å². The molecule has 0 fully saturated rings. The van der Waals surface area contributed by atoms with Gasteiger partial charge in [-0.3, -0.25) is 4.79 Å². The van der Waals surface area contributed by atoms with Crippen molar-refractivity contribution < 1.29 is 9.21 Å². The van der Waals surface area contributed by atoms with E-state index in [1.807, 2.05) is 39.0 Å². The van der Waals surface area contributed by atoms with E-state index in [-0.39, 0.29) is 5.78 Å². The van der Waals surface area contributed by atoms with Crippen LogP contribution in [-0.4, -0.2) is 5.78 Å². The zero-order valence-electron chi connectivity index (χ0n) is 10.4. The summed E-state index contributed by atoms with van der Waals surface area (Å²) in [5.74, 6) is 1.22. The maximum Gasteiger partial charge on any atom is 0.228 e. The number of hydrogen-bond donors (Lipinski definition) is 0. The van der Waals surface area contributed by atoms with Gasteiger partial charge in [-0.05, 0) is 38.1 Å². The van der Waals surface area contributed by atoms with Gasteiger partial charge in [-0.25, -0.2) is 0 Å². The van der Waals surface area contributed by atoms with Gasteiger partial charge < -0.3 is 4.42 Å². The summed E-state index contributed by atoms with van der Waals surface area (Å²) in [7, 11) is 0. The molecule has 0 saturated heterocycles. The van der Waals surface area contributed by atoms with Crippen LogP contribution in [0.1, 0.15) is 39.9 Å². The first-order chi connectivity index (χ1) is 8.10. The van der Waals surface area contributed by atoms with Gasteiger partial charge in [0.2, 0.25) is 5.78 Å². The second kappa shape index (κ2) is 4.58. The number of rotatable bonds is 3. The molecule has 0 aliphatic rings. The molecule has 2 rings (SSSR count). The van der Waals surface area contributed by atoms with Crippen molar-refractivity contribution in [2.24, 2.45) is 0 Å². The van der Waals surface area contributed by atoms with Crippen molar-refractivity contribution in [3.63, 3.8) is 0 Å². The topological polar surface area (TPSA) is 30.2 Å². The van der Waals surface area contributed by atoms with E-state index in [9.17, 15) is 4.79 Å². The minimum atomic E-state index is -0.0449. The van der Waals surface area contributed by atoms with E-state index < -0.39 is 0 Å². The molecular formula is C15H16O2. The Morgan fingerprint density at radius 3 is 2.29 bits per heavy atom. The van der Waals surface area contributed by atoms with E-state index in [4.69, 9.17) is 4.42 Å². The van der Waals surface area contributed by atoms with Gasteiger partial charge in [0.05, 0.1) is 0 Å².